The number of hydrogen-bond donors (Lipinski definition) is 0. The smallest absolute Gasteiger partial charge is 0.181 e. The molecule has 0 bridgehead atoms. The highest BCUT2D eigenvalue weighted by molar-refractivity contribution is 7.92. The van der Waals surface area contributed by atoms with Crippen molar-refractivity contribution < 1.29 is 13.2 Å². The Hall–Kier alpha value is -1.91. The molecule has 0 radical (unpaired) electrons. The number of sulfone groups is 1. The standard InChI is InChI=1S/C27H33ClO3S/c1-18(12-14-22-16-17-25(29)21(22)4)24-10-7-9-23(27(24)28)15-13-20(3)32(30,31)26-11-6-5-8-19(26)2/h5-11,18,20H,12-17H2,1-4H3. The minimum atomic E-state index is -3.38. The first-order chi connectivity index (χ1) is 15.1. The van der Waals surface area contributed by atoms with E-state index in [-0.39, 0.29) is 11.7 Å². The summed E-state index contributed by atoms with van der Waals surface area (Å²) >= 11 is 6.78. The lowest BCUT2D eigenvalue weighted by atomic mass is 9.91. The molecule has 2 unspecified atom stereocenters. The van der Waals surface area contributed by atoms with Crippen LogP contribution < -0.4 is 0 Å². The van der Waals surface area contributed by atoms with E-state index in [0.29, 0.717) is 24.2 Å². The van der Waals surface area contributed by atoms with Crippen molar-refractivity contribution >= 4 is 27.2 Å². The molecule has 0 saturated heterocycles. The highest BCUT2D eigenvalue weighted by Crippen LogP contribution is 2.35. The zero-order valence-electron chi connectivity index (χ0n) is 19.4. The van der Waals surface area contributed by atoms with E-state index in [1.54, 1.807) is 19.1 Å². The number of rotatable bonds is 9. The van der Waals surface area contributed by atoms with E-state index in [0.717, 1.165) is 46.5 Å². The lowest BCUT2D eigenvalue weighted by molar-refractivity contribution is -0.114. The van der Waals surface area contributed by atoms with Crippen LogP contribution in [0.3, 0.4) is 0 Å². The van der Waals surface area contributed by atoms with Crippen LogP contribution in [0.5, 0.6) is 0 Å². The number of benzene rings is 2. The quantitative estimate of drug-likeness (QED) is 0.394. The van der Waals surface area contributed by atoms with Crippen molar-refractivity contribution in [2.45, 2.75) is 82.3 Å². The van der Waals surface area contributed by atoms with Crippen molar-refractivity contribution in [3.05, 3.63) is 75.3 Å². The lowest BCUT2D eigenvalue weighted by Crippen LogP contribution is -2.19. The van der Waals surface area contributed by atoms with Gasteiger partial charge in [-0.15, -0.1) is 0 Å². The molecule has 1 aliphatic rings. The van der Waals surface area contributed by atoms with Crippen molar-refractivity contribution in [3.63, 3.8) is 0 Å². The number of ketones is 1. The molecule has 0 amide bonds. The fourth-order valence-corrected chi connectivity index (χ4v) is 6.53. The SMILES string of the molecule is CC1=C(CCC(C)c2cccc(CCC(C)S(=O)(=O)c3ccccc3C)c2Cl)CCC1=O. The average molecular weight is 473 g/mol. The van der Waals surface area contributed by atoms with Gasteiger partial charge in [-0.3, -0.25) is 4.79 Å². The molecule has 0 fully saturated rings. The second-order valence-corrected chi connectivity index (χ2v) is 11.8. The van der Waals surface area contributed by atoms with Gasteiger partial charge in [0.15, 0.2) is 15.6 Å². The van der Waals surface area contributed by atoms with Crippen LogP contribution in [0.25, 0.3) is 0 Å². The van der Waals surface area contributed by atoms with Gasteiger partial charge in [-0.1, -0.05) is 60.5 Å². The molecule has 2 aromatic carbocycles. The minimum absolute atomic E-state index is 0.270. The van der Waals surface area contributed by atoms with Crippen LogP contribution in [0.2, 0.25) is 5.02 Å². The van der Waals surface area contributed by atoms with Crippen molar-refractivity contribution in [2.24, 2.45) is 0 Å². The number of Topliss-reactive ketones (excluding diaryl/α,β-unsaturated/α-hetero) is 1. The average Bonchev–Trinajstić information content (AvgIpc) is 3.08. The number of allylic oxidation sites excluding steroid dienone is 2. The Kier molecular flexibility index (Phi) is 8.00. The molecule has 2 atom stereocenters. The van der Waals surface area contributed by atoms with Crippen molar-refractivity contribution in [3.8, 4) is 0 Å². The Balaban J connectivity index is 1.68. The van der Waals surface area contributed by atoms with E-state index < -0.39 is 15.1 Å². The number of aryl methyl sites for hydroxylation is 2. The van der Waals surface area contributed by atoms with Crippen LogP contribution in [-0.2, 0) is 21.1 Å². The number of halogens is 1. The Morgan fingerprint density at radius 2 is 1.66 bits per heavy atom. The van der Waals surface area contributed by atoms with Gasteiger partial charge in [-0.05, 0) is 87.1 Å². The molecule has 0 N–H and O–H groups in total. The summed E-state index contributed by atoms with van der Waals surface area (Å²) in [4.78, 5) is 12.2. The summed E-state index contributed by atoms with van der Waals surface area (Å²) in [6, 6.07) is 13.2. The summed E-state index contributed by atoms with van der Waals surface area (Å²) in [7, 11) is -3.38. The van der Waals surface area contributed by atoms with Crippen LogP contribution in [0.1, 0.15) is 75.5 Å². The molecular formula is C27H33ClO3S. The number of hydrogen-bond acceptors (Lipinski definition) is 3. The molecule has 0 saturated carbocycles. The maximum atomic E-state index is 13.0. The molecule has 2 aromatic rings. The van der Waals surface area contributed by atoms with Gasteiger partial charge in [0.1, 0.15) is 0 Å². The van der Waals surface area contributed by atoms with Gasteiger partial charge in [0.05, 0.1) is 10.1 Å². The lowest BCUT2D eigenvalue weighted by Gasteiger charge is -2.18. The number of carbonyl (C=O) groups is 1. The highest BCUT2D eigenvalue weighted by Gasteiger charge is 2.25. The predicted molar refractivity (Wildman–Crippen MR) is 132 cm³/mol. The second-order valence-electron chi connectivity index (χ2n) is 9.07. The predicted octanol–water partition coefficient (Wildman–Crippen LogP) is 7.01. The summed E-state index contributed by atoms with van der Waals surface area (Å²) in [5.74, 6) is 0.550. The van der Waals surface area contributed by atoms with E-state index in [9.17, 15) is 13.2 Å². The third-order valence-electron chi connectivity index (χ3n) is 6.87. The van der Waals surface area contributed by atoms with Gasteiger partial charge in [0, 0.05) is 11.4 Å². The minimum Gasteiger partial charge on any atom is -0.295 e. The third-order valence-corrected chi connectivity index (χ3v) is 9.70. The normalized spacial score (nSPS) is 16.5. The molecule has 32 heavy (non-hydrogen) atoms. The van der Waals surface area contributed by atoms with Crippen LogP contribution in [0.4, 0.5) is 0 Å². The Labute approximate surface area is 197 Å². The van der Waals surface area contributed by atoms with Crippen molar-refractivity contribution in [2.75, 3.05) is 0 Å². The zero-order chi connectivity index (χ0) is 23.5. The summed E-state index contributed by atoms with van der Waals surface area (Å²) < 4.78 is 26.1. The Morgan fingerprint density at radius 1 is 0.938 bits per heavy atom. The molecule has 0 aromatic heterocycles. The molecule has 1 aliphatic carbocycles. The molecular weight excluding hydrogens is 440 g/mol. The second kappa shape index (κ2) is 10.4. The van der Waals surface area contributed by atoms with E-state index in [1.807, 2.05) is 38.1 Å². The largest absolute Gasteiger partial charge is 0.295 e. The van der Waals surface area contributed by atoms with E-state index in [1.165, 1.54) is 5.57 Å². The van der Waals surface area contributed by atoms with Gasteiger partial charge in [0.2, 0.25) is 0 Å². The van der Waals surface area contributed by atoms with Crippen molar-refractivity contribution in [1.82, 2.24) is 0 Å². The molecule has 3 nitrogen and oxygen atoms in total. The molecule has 172 valence electrons. The summed E-state index contributed by atoms with van der Waals surface area (Å²) in [5, 5.41) is 0.254. The fourth-order valence-electron chi connectivity index (χ4n) is 4.47. The van der Waals surface area contributed by atoms with E-state index in [4.69, 9.17) is 11.6 Å². The molecule has 0 heterocycles. The first kappa shape index (κ1) is 24.7. The van der Waals surface area contributed by atoms with Crippen LogP contribution in [0.15, 0.2) is 58.5 Å². The van der Waals surface area contributed by atoms with E-state index in [2.05, 4.69) is 13.0 Å². The first-order valence-electron chi connectivity index (χ1n) is 11.4. The van der Waals surface area contributed by atoms with Gasteiger partial charge in [-0.2, -0.15) is 0 Å². The third kappa shape index (κ3) is 5.35. The summed E-state index contributed by atoms with van der Waals surface area (Å²) in [5.41, 5.74) is 5.10. The van der Waals surface area contributed by atoms with Gasteiger partial charge >= 0.3 is 0 Å². The molecule has 0 spiro atoms. The maximum Gasteiger partial charge on any atom is 0.181 e. The Morgan fingerprint density at radius 3 is 2.31 bits per heavy atom. The van der Waals surface area contributed by atoms with Crippen LogP contribution >= 0.6 is 11.6 Å². The molecule has 5 heteroatoms. The van der Waals surface area contributed by atoms with E-state index >= 15 is 0 Å². The van der Waals surface area contributed by atoms with Gasteiger partial charge < -0.3 is 0 Å². The zero-order valence-corrected chi connectivity index (χ0v) is 21.0. The summed E-state index contributed by atoms with van der Waals surface area (Å²) in [6.07, 6.45) is 4.53. The molecule has 3 rings (SSSR count). The van der Waals surface area contributed by atoms with Crippen LogP contribution in [0, 0.1) is 6.92 Å². The fraction of sp³-hybridized carbons (Fsp3) is 0.444. The van der Waals surface area contributed by atoms with Gasteiger partial charge in [0.25, 0.3) is 0 Å². The highest BCUT2D eigenvalue weighted by atomic mass is 35.5. The first-order valence-corrected chi connectivity index (χ1v) is 13.3. The monoisotopic (exact) mass is 472 g/mol. The summed E-state index contributed by atoms with van der Waals surface area (Å²) in [6.45, 7) is 7.72. The maximum absolute atomic E-state index is 13.0. The topological polar surface area (TPSA) is 51.2 Å². The number of carbonyl (C=O) groups excluding carboxylic acids is 1. The van der Waals surface area contributed by atoms with Crippen LogP contribution in [-0.4, -0.2) is 19.5 Å². The Bertz CT molecular complexity index is 1130. The van der Waals surface area contributed by atoms with Crippen molar-refractivity contribution in [1.29, 1.82) is 0 Å². The molecule has 0 aliphatic heterocycles. The van der Waals surface area contributed by atoms with Gasteiger partial charge in [-0.25, -0.2) is 8.42 Å².